The highest BCUT2D eigenvalue weighted by molar-refractivity contribution is 5.76. The van der Waals surface area contributed by atoms with E-state index in [1.165, 1.54) is 0 Å². The van der Waals surface area contributed by atoms with E-state index in [1.807, 2.05) is 13.8 Å². The fourth-order valence-electron chi connectivity index (χ4n) is 0.933. The summed E-state index contributed by atoms with van der Waals surface area (Å²) in [6.07, 6.45) is 0. The number of fused-ring (bicyclic) bond motifs is 1. The first kappa shape index (κ1) is 5.46. The van der Waals surface area contributed by atoms with E-state index in [2.05, 4.69) is 15.4 Å². The first-order valence-corrected chi connectivity index (χ1v) is 3.06. The number of nitrogens with zero attached hydrogens (tertiary/aromatic N) is 2. The van der Waals surface area contributed by atoms with Gasteiger partial charge in [-0.1, -0.05) is 5.16 Å². The minimum absolute atomic E-state index is 0.762. The maximum Gasteiger partial charge on any atom is 0.207 e. The summed E-state index contributed by atoms with van der Waals surface area (Å²) in [6.45, 7) is 3.77. The average Bonchev–Trinajstić information content (AvgIpc) is 2.41. The van der Waals surface area contributed by atoms with E-state index in [4.69, 9.17) is 4.52 Å². The molecular formula is C6H7N3O. The predicted molar refractivity (Wildman–Crippen MR) is 35.6 cm³/mol. The van der Waals surface area contributed by atoms with Crippen LogP contribution in [0.5, 0.6) is 0 Å². The molecule has 4 nitrogen and oxygen atoms in total. The quantitative estimate of drug-likeness (QED) is 0.592. The molecule has 0 unspecified atom stereocenters. The Balaban J connectivity index is 2.95. The van der Waals surface area contributed by atoms with E-state index in [-0.39, 0.29) is 0 Å². The number of hydrogen-bond acceptors (Lipinski definition) is 3. The SMILES string of the molecule is Cc1noc2c(C)[nH]nc12. The molecule has 0 saturated carbocycles. The zero-order valence-corrected chi connectivity index (χ0v) is 5.80. The molecule has 0 fully saturated rings. The monoisotopic (exact) mass is 137 g/mol. The summed E-state index contributed by atoms with van der Waals surface area (Å²) in [7, 11) is 0. The van der Waals surface area contributed by atoms with Crippen LogP contribution in [0.1, 0.15) is 11.4 Å². The third-order valence-electron chi connectivity index (χ3n) is 1.51. The summed E-state index contributed by atoms with van der Waals surface area (Å²) in [4.78, 5) is 0. The molecule has 0 bridgehead atoms. The Bertz CT molecular complexity index is 324. The van der Waals surface area contributed by atoms with Gasteiger partial charge in [0, 0.05) is 0 Å². The van der Waals surface area contributed by atoms with Crippen molar-refractivity contribution in [2.75, 3.05) is 0 Å². The molecular weight excluding hydrogens is 130 g/mol. The summed E-state index contributed by atoms with van der Waals surface area (Å²) < 4.78 is 4.98. The van der Waals surface area contributed by atoms with E-state index in [1.54, 1.807) is 0 Å². The molecule has 0 aromatic carbocycles. The van der Waals surface area contributed by atoms with Gasteiger partial charge < -0.3 is 4.52 Å². The Hall–Kier alpha value is -1.32. The molecule has 0 aliphatic heterocycles. The minimum atomic E-state index is 0.762. The molecule has 10 heavy (non-hydrogen) atoms. The smallest absolute Gasteiger partial charge is 0.207 e. The molecule has 0 amide bonds. The van der Waals surface area contributed by atoms with Crippen molar-refractivity contribution in [2.45, 2.75) is 13.8 Å². The van der Waals surface area contributed by atoms with E-state index < -0.39 is 0 Å². The van der Waals surface area contributed by atoms with Crippen LogP contribution >= 0.6 is 0 Å². The minimum Gasteiger partial charge on any atom is -0.352 e. The van der Waals surface area contributed by atoms with Crippen molar-refractivity contribution in [3.63, 3.8) is 0 Å². The van der Waals surface area contributed by atoms with E-state index >= 15 is 0 Å². The normalized spacial score (nSPS) is 11.0. The zero-order valence-electron chi connectivity index (χ0n) is 5.80. The molecule has 0 radical (unpaired) electrons. The molecule has 0 aliphatic carbocycles. The Morgan fingerprint density at radius 3 is 2.90 bits per heavy atom. The van der Waals surface area contributed by atoms with Crippen molar-refractivity contribution in [3.8, 4) is 0 Å². The maximum atomic E-state index is 4.98. The van der Waals surface area contributed by atoms with Crippen LogP contribution in [0.3, 0.4) is 0 Å². The maximum absolute atomic E-state index is 4.98. The highest BCUT2D eigenvalue weighted by atomic mass is 16.5. The standard InChI is InChI=1S/C6H7N3O/c1-3-5-6(10-9-3)4(2)7-8-5/h1-2H3,(H,7,8). The first-order chi connectivity index (χ1) is 4.79. The lowest BCUT2D eigenvalue weighted by atomic mass is 10.3. The topological polar surface area (TPSA) is 54.7 Å². The highest BCUT2D eigenvalue weighted by Gasteiger charge is 2.08. The molecule has 2 aromatic rings. The van der Waals surface area contributed by atoms with Crippen molar-refractivity contribution in [1.82, 2.24) is 15.4 Å². The van der Waals surface area contributed by atoms with Crippen molar-refractivity contribution in [2.24, 2.45) is 0 Å². The van der Waals surface area contributed by atoms with Crippen LogP contribution in [0.15, 0.2) is 4.52 Å². The van der Waals surface area contributed by atoms with Crippen LogP contribution in [0.4, 0.5) is 0 Å². The first-order valence-electron chi connectivity index (χ1n) is 3.06. The number of aromatic amines is 1. The number of aromatic nitrogens is 3. The van der Waals surface area contributed by atoms with Gasteiger partial charge in [0.1, 0.15) is 5.69 Å². The lowest BCUT2D eigenvalue weighted by Gasteiger charge is -1.74. The number of H-pyrrole nitrogens is 1. The van der Waals surface area contributed by atoms with Gasteiger partial charge >= 0.3 is 0 Å². The van der Waals surface area contributed by atoms with Crippen molar-refractivity contribution >= 4 is 11.1 Å². The number of hydrogen-bond donors (Lipinski definition) is 1. The summed E-state index contributed by atoms with van der Waals surface area (Å²) >= 11 is 0. The Kier molecular flexibility index (Phi) is 0.869. The number of nitrogens with one attached hydrogen (secondary N) is 1. The molecule has 2 aromatic heterocycles. The van der Waals surface area contributed by atoms with Gasteiger partial charge in [-0.05, 0) is 13.8 Å². The lowest BCUT2D eigenvalue weighted by Crippen LogP contribution is -1.73. The molecule has 2 rings (SSSR count). The van der Waals surface area contributed by atoms with Gasteiger partial charge in [-0.25, -0.2) is 0 Å². The predicted octanol–water partition coefficient (Wildman–Crippen LogP) is 1.17. The van der Waals surface area contributed by atoms with Gasteiger partial charge in [0.25, 0.3) is 0 Å². The van der Waals surface area contributed by atoms with Gasteiger partial charge in [-0.3, -0.25) is 5.10 Å². The van der Waals surface area contributed by atoms with Crippen LogP contribution < -0.4 is 0 Å². The summed E-state index contributed by atoms with van der Waals surface area (Å²) in [5, 5.41) is 10.6. The summed E-state index contributed by atoms with van der Waals surface area (Å²) in [5.41, 5.74) is 3.35. The second-order valence-corrected chi connectivity index (χ2v) is 2.29. The molecule has 52 valence electrons. The Morgan fingerprint density at radius 2 is 2.20 bits per heavy atom. The lowest BCUT2D eigenvalue weighted by molar-refractivity contribution is 0.448. The molecule has 0 spiro atoms. The van der Waals surface area contributed by atoms with Gasteiger partial charge in [-0.2, -0.15) is 5.10 Å². The van der Waals surface area contributed by atoms with Crippen LogP contribution in [0.25, 0.3) is 11.1 Å². The van der Waals surface area contributed by atoms with E-state index in [9.17, 15) is 0 Å². The van der Waals surface area contributed by atoms with Crippen LogP contribution in [-0.2, 0) is 0 Å². The van der Waals surface area contributed by atoms with Gasteiger partial charge in [0.2, 0.25) is 5.58 Å². The molecule has 0 saturated heterocycles. The van der Waals surface area contributed by atoms with Crippen molar-refractivity contribution < 1.29 is 4.52 Å². The van der Waals surface area contributed by atoms with Crippen LogP contribution in [0, 0.1) is 13.8 Å². The van der Waals surface area contributed by atoms with Gasteiger partial charge in [-0.15, -0.1) is 0 Å². The number of rotatable bonds is 0. The Labute approximate surface area is 57.2 Å². The third-order valence-corrected chi connectivity index (χ3v) is 1.51. The fourth-order valence-corrected chi connectivity index (χ4v) is 0.933. The third kappa shape index (κ3) is 0.504. The molecule has 2 heterocycles. The summed E-state index contributed by atoms with van der Waals surface area (Å²) in [5.74, 6) is 0. The zero-order chi connectivity index (χ0) is 7.14. The van der Waals surface area contributed by atoms with Crippen molar-refractivity contribution in [1.29, 1.82) is 0 Å². The molecule has 0 aliphatic rings. The highest BCUT2D eigenvalue weighted by Crippen LogP contribution is 2.16. The van der Waals surface area contributed by atoms with E-state index in [0.29, 0.717) is 0 Å². The van der Waals surface area contributed by atoms with Gasteiger partial charge in [0.05, 0.1) is 5.69 Å². The van der Waals surface area contributed by atoms with Crippen molar-refractivity contribution in [3.05, 3.63) is 11.4 Å². The van der Waals surface area contributed by atoms with Gasteiger partial charge in [0.15, 0.2) is 5.52 Å². The Morgan fingerprint density at radius 1 is 1.40 bits per heavy atom. The van der Waals surface area contributed by atoms with E-state index in [0.717, 1.165) is 22.5 Å². The largest absolute Gasteiger partial charge is 0.352 e. The fraction of sp³-hybridized carbons (Fsp3) is 0.333. The molecule has 1 N–H and O–H groups in total. The van der Waals surface area contributed by atoms with Crippen LogP contribution in [0.2, 0.25) is 0 Å². The second-order valence-electron chi connectivity index (χ2n) is 2.29. The number of aryl methyl sites for hydroxylation is 2. The summed E-state index contributed by atoms with van der Waals surface area (Å²) in [6, 6.07) is 0. The average molecular weight is 137 g/mol. The second kappa shape index (κ2) is 1.59. The van der Waals surface area contributed by atoms with Crippen LogP contribution in [-0.4, -0.2) is 15.4 Å². The molecule has 0 atom stereocenters. The molecule has 4 heteroatoms.